The van der Waals surface area contributed by atoms with Gasteiger partial charge in [-0.3, -0.25) is 4.90 Å². The highest BCUT2D eigenvalue weighted by molar-refractivity contribution is 5.69. The second-order valence-electron chi connectivity index (χ2n) is 6.62. The van der Waals surface area contributed by atoms with Gasteiger partial charge in [-0.25, -0.2) is 4.79 Å². The molecule has 0 spiro atoms. The van der Waals surface area contributed by atoms with Gasteiger partial charge in [0.2, 0.25) is 0 Å². The Bertz CT molecular complexity index is 339. The van der Waals surface area contributed by atoms with Gasteiger partial charge in [0.25, 0.3) is 0 Å². The van der Waals surface area contributed by atoms with Crippen LogP contribution in [-0.4, -0.2) is 53.6 Å². The zero-order valence-electron chi connectivity index (χ0n) is 12.3. The Hall–Kier alpha value is -0.810. The summed E-state index contributed by atoms with van der Waals surface area (Å²) in [6, 6.07) is -0.0954. The summed E-state index contributed by atoms with van der Waals surface area (Å²) in [4.78, 5) is 14.1. The minimum Gasteiger partial charge on any atom is -0.444 e. The van der Waals surface area contributed by atoms with E-state index >= 15 is 0 Å². The lowest BCUT2D eigenvalue weighted by atomic mass is 9.73. The molecule has 1 aliphatic carbocycles. The van der Waals surface area contributed by atoms with Crippen LogP contribution in [0.2, 0.25) is 0 Å². The van der Waals surface area contributed by atoms with Crippen LogP contribution >= 0.6 is 0 Å². The van der Waals surface area contributed by atoms with Crippen LogP contribution in [0.3, 0.4) is 0 Å². The lowest BCUT2D eigenvalue weighted by molar-refractivity contribution is -0.107. The zero-order chi connectivity index (χ0) is 14.2. The monoisotopic (exact) mass is 271 g/mol. The molecule has 2 aliphatic heterocycles. The summed E-state index contributed by atoms with van der Waals surface area (Å²) in [5.74, 6) is 0.312. The van der Waals surface area contributed by atoms with Crippen molar-refractivity contribution < 1.29 is 19.4 Å². The van der Waals surface area contributed by atoms with Crippen molar-refractivity contribution in [2.45, 2.75) is 63.8 Å². The smallest absolute Gasteiger partial charge is 0.410 e. The normalized spacial score (nSPS) is 34.5. The van der Waals surface area contributed by atoms with Gasteiger partial charge in [-0.05, 0) is 46.0 Å². The maximum absolute atomic E-state index is 12.4. The van der Waals surface area contributed by atoms with E-state index in [1.165, 1.54) is 0 Å². The first-order valence-electron chi connectivity index (χ1n) is 7.02. The molecule has 3 fully saturated rings. The summed E-state index contributed by atoms with van der Waals surface area (Å²) in [5, 5.41) is 10.1. The van der Waals surface area contributed by atoms with Crippen LogP contribution in [0.15, 0.2) is 0 Å². The summed E-state index contributed by atoms with van der Waals surface area (Å²) < 4.78 is 10.7. The van der Waals surface area contributed by atoms with Gasteiger partial charge in [0.05, 0.1) is 24.8 Å². The summed E-state index contributed by atoms with van der Waals surface area (Å²) in [5.41, 5.74) is -0.518. The molecule has 110 valence electrons. The highest BCUT2D eigenvalue weighted by Gasteiger charge is 2.49. The average Bonchev–Trinajstić information content (AvgIpc) is 2.28. The zero-order valence-corrected chi connectivity index (χ0v) is 12.3. The van der Waals surface area contributed by atoms with E-state index in [-0.39, 0.29) is 18.2 Å². The Morgan fingerprint density at radius 2 is 2.05 bits per heavy atom. The second-order valence-corrected chi connectivity index (χ2v) is 6.62. The standard InChI is InChI=1S/C14H25NO4/c1-14(2,3)19-13(17)15-10-6-5-9(7-12(10)16)11(15)8-18-4/h9-12,16H,5-8H2,1-4H3/t9-,10+,11-,12+/m1/s1. The molecule has 1 amide bonds. The molecule has 3 rings (SSSR count). The maximum Gasteiger partial charge on any atom is 0.410 e. The van der Waals surface area contributed by atoms with Crippen molar-refractivity contribution in [2.24, 2.45) is 5.92 Å². The van der Waals surface area contributed by atoms with E-state index in [1.54, 1.807) is 12.0 Å². The Morgan fingerprint density at radius 3 is 2.58 bits per heavy atom. The fourth-order valence-corrected chi connectivity index (χ4v) is 3.28. The molecule has 0 radical (unpaired) electrons. The molecule has 2 saturated heterocycles. The van der Waals surface area contributed by atoms with Crippen LogP contribution in [0.4, 0.5) is 4.79 Å². The van der Waals surface area contributed by atoms with Gasteiger partial charge in [0.1, 0.15) is 5.60 Å². The van der Waals surface area contributed by atoms with E-state index in [9.17, 15) is 9.90 Å². The van der Waals surface area contributed by atoms with E-state index in [1.807, 2.05) is 20.8 Å². The third kappa shape index (κ3) is 3.03. The number of aliphatic hydroxyl groups is 1. The van der Waals surface area contributed by atoms with Crippen molar-refractivity contribution >= 4 is 6.09 Å². The first-order chi connectivity index (χ1) is 8.83. The second kappa shape index (κ2) is 5.29. The Morgan fingerprint density at radius 1 is 1.37 bits per heavy atom. The number of hydrogen-bond acceptors (Lipinski definition) is 4. The van der Waals surface area contributed by atoms with Gasteiger partial charge in [0, 0.05) is 7.11 Å². The lowest BCUT2D eigenvalue weighted by Gasteiger charge is -2.53. The number of piperidine rings is 2. The van der Waals surface area contributed by atoms with Crippen molar-refractivity contribution in [3.05, 3.63) is 0 Å². The van der Waals surface area contributed by atoms with Crippen molar-refractivity contribution in [1.29, 1.82) is 0 Å². The Balaban J connectivity index is 2.16. The number of carbonyl (C=O) groups excluding carboxylic acids is 1. The summed E-state index contributed by atoms with van der Waals surface area (Å²) in [6.45, 7) is 6.08. The first-order valence-corrected chi connectivity index (χ1v) is 7.02. The van der Waals surface area contributed by atoms with Gasteiger partial charge in [-0.1, -0.05) is 0 Å². The van der Waals surface area contributed by atoms with Crippen LogP contribution in [0.1, 0.15) is 40.0 Å². The number of amides is 1. The average molecular weight is 271 g/mol. The minimum atomic E-state index is -0.518. The third-order valence-electron chi connectivity index (χ3n) is 4.02. The predicted molar refractivity (Wildman–Crippen MR) is 70.9 cm³/mol. The van der Waals surface area contributed by atoms with Crippen molar-refractivity contribution in [1.82, 2.24) is 4.90 Å². The molecule has 2 heterocycles. The number of hydrogen-bond donors (Lipinski definition) is 1. The van der Waals surface area contributed by atoms with Crippen LogP contribution in [-0.2, 0) is 9.47 Å². The molecule has 0 aromatic carbocycles. The van der Waals surface area contributed by atoms with E-state index < -0.39 is 11.7 Å². The molecule has 19 heavy (non-hydrogen) atoms. The van der Waals surface area contributed by atoms with Crippen LogP contribution in [0, 0.1) is 5.92 Å². The number of rotatable bonds is 2. The molecule has 0 unspecified atom stereocenters. The number of carbonyl (C=O) groups is 1. The van der Waals surface area contributed by atoms with Crippen molar-refractivity contribution in [3.8, 4) is 0 Å². The van der Waals surface area contributed by atoms with Crippen LogP contribution in [0.25, 0.3) is 0 Å². The molecule has 1 saturated carbocycles. The lowest BCUT2D eigenvalue weighted by Crippen LogP contribution is -2.64. The summed E-state index contributed by atoms with van der Waals surface area (Å²) in [7, 11) is 1.64. The van der Waals surface area contributed by atoms with Gasteiger partial charge >= 0.3 is 6.09 Å². The largest absolute Gasteiger partial charge is 0.444 e. The minimum absolute atomic E-state index is 0.0296. The van der Waals surface area contributed by atoms with Gasteiger partial charge in [-0.2, -0.15) is 0 Å². The molecule has 2 bridgehead atoms. The molecule has 5 heteroatoms. The van der Waals surface area contributed by atoms with Crippen molar-refractivity contribution in [3.63, 3.8) is 0 Å². The molecule has 0 aromatic rings. The highest BCUT2D eigenvalue weighted by Crippen LogP contribution is 2.40. The van der Waals surface area contributed by atoms with E-state index in [2.05, 4.69) is 0 Å². The summed E-state index contributed by atoms with van der Waals surface area (Å²) in [6.07, 6.45) is 1.90. The van der Waals surface area contributed by atoms with E-state index in [4.69, 9.17) is 9.47 Å². The van der Waals surface area contributed by atoms with Crippen LogP contribution in [0.5, 0.6) is 0 Å². The predicted octanol–water partition coefficient (Wildman–Crippen LogP) is 1.78. The number of fused-ring (bicyclic) bond motifs is 3. The third-order valence-corrected chi connectivity index (χ3v) is 4.02. The quantitative estimate of drug-likeness (QED) is 0.831. The molecule has 4 atom stereocenters. The number of nitrogens with zero attached hydrogens (tertiary/aromatic N) is 1. The number of ether oxygens (including phenoxy) is 2. The van der Waals surface area contributed by atoms with Crippen LogP contribution < -0.4 is 0 Å². The number of methoxy groups -OCH3 is 1. The molecule has 1 N–H and O–H groups in total. The molecule has 5 nitrogen and oxygen atoms in total. The fraction of sp³-hybridized carbons (Fsp3) is 0.929. The molecular formula is C14H25NO4. The Labute approximate surface area is 114 Å². The molecule has 3 aliphatic rings. The van der Waals surface area contributed by atoms with E-state index in [0.717, 1.165) is 19.3 Å². The van der Waals surface area contributed by atoms with Gasteiger partial charge in [-0.15, -0.1) is 0 Å². The van der Waals surface area contributed by atoms with Crippen molar-refractivity contribution in [2.75, 3.05) is 13.7 Å². The SMILES string of the molecule is COC[C@@H]1[C@@H]2CC[C@@H]([C@@H](O)C2)N1C(=O)OC(C)(C)C. The topological polar surface area (TPSA) is 59.0 Å². The molecule has 0 aromatic heterocycles. The Kier molecular flexibility index (Phi) is 4.06. The maximum atomic E-state index is 12.4. The van der Waals surface area contributed by atoms with E-state index in [0.29, 0.717) is 12.5 Å². The van der Waals surface area contributed by atoms with Gasteiger partial charge in [0.15, 0.2) is 0 Å². The highest BCUT2D eigenvalue weighted by atomic mass is 16.6. The molecular weight excluding hydrogens is 246 g/mol. The summed E-state index contributed by atoms with van der Waals surface area (Å²) >= 11 is 0. The number of aliphatic hydroxyl groups excluding tert-OH is 1. The van der Waals surface area contributed by atoms with Gasteiger partial charge < -0.3 is 14.6 Å². The fourth-order valence-electron chi connectivity index (χ4n) is 3.28. The first kappa shape index (κ1) is 14.6.